The van der Waals surface area contributed by atoms with E-state index in [4.69, 9.17) is 9.05 Å². The third-order valence-electron chi connectivity index (χ3n) is 2.26. The number of rotatable bonds is 7. The van der Waals surface area contributed by atoms with Crippen molar-refractivity contribution in [1.29, 1.82) is 0 Å². The second-order valence-corrected chi connectivity index (χ2v) is 5.74. The van der Waals surface area contributed by atoms with Crippen LogP contribution in [0.2, 0.25) is 0 Å². The van der Waals surface area contributed by atoms with Gasteiger partial charge in [0.15, 0.2) is 0 Å². The van der Waals surface area contributed by atoms with Crippen LogP contribution in [0.25, 0.3) is 0 Å². The van der Waals surface area contributed by atoms with E-state index in [0.717, 1.165) is 5.56 Å². The first-order valence-corrected chi connectivity index (χ1v) is 7.26. The molecular weight excluding hydrogens is 237 g/mol. The minimum Gasteiger partial charge on any atom is -0.297 e. The molecule has 0 N–H and O–H groups in total. The Morgan fingerprint density at radius 3 is 2.12 bits per heavy atom. The molecule has 1 aromatic rings. The Kier molecular flexibility index (Phi) is 5.86. The third kappa shape index (κ3) is 4.25. The average molecular weight is 257 g/mol. The van der Waals surface area contributed by atoms with Crippen LogP contribution in [0.3, 0.4) is 0 Å². The first-order valence-electron chi connectivity index (χ1n) is 5.77. The van der Waals surface area contributed by atoms with Crippen molar-refractivity contribution in [2.45, 2.75) is 20.4 Å². The summed E-state index contributed by atoms with van der Waals surface area (Å²) < 4.78 is 24.6. The van der Waals surface area contributed by atoms with Gasteiger partial charge in [0.25, 0.3) is 0 Å². The van der Waals surface area contributed by atoms with Crippen molar-refractivity contribution in [3.8, 4) is 0 Å². The predicted molar refractivity (Wildman–Crippen MR) is 68.8 cm³/mol. The summed E-state index contributed by atoms with van der Waals surface area (Å²) in [6, 6.07) is 9.83. The summed E-state index contributed by atoms with van der Waals surface area (Å²) in [7, 11) is -1.39. The van der Waals surface area contributed by atoms with E-state index in [-0.39, 0.29) is 0 Å². The molecule has 0 aromatic heterocycles. The number of hydrogen-bond donors (Lipinski definition) is 0. The smallest absolute Gasteiger partial charge is 0.297 e. The fraction of sp³-hybridized carbons (Fsp3) is 0.500. The molecule has 0 aliphatic rings. The van der Waals surface area contributed by atoms with E-state index in [1.54, 1.807) is 11.7 Å². The summed E-state index contributed by atoms with van der Waals surface area (Å²) in [5, 5.41) is 0. The lowest BCUT2D eigenvalue weighted by atomic mass is 10.2. The van der Waals surface area contributed by atoms with Gasteiger partial charge in [-0.15, -0.1) is 0 Å². The van der Waals surface area contributed by atoms with Gasteiger partial charge in [-0.05, 0) is 26.5 Å². The Labute approximate surface area is 103 Å². The van der Waals surface area contributed by atoms with Gasteiger partial charge in [-0.25, -0.2) is 9.24 Å². The zero-order valence-electron chi connectivity index (χ0n) is 10.6. The first kappa shape index (κ1) is 14.4. The minimum atomic E-state index is -3.14. The van der Waals surface area contributed by atoms with Gasteiger partial charge in [-0.1, -0.05) is 30.3 Å². The molecule has 0 radical (unpaired) electrons. The zero-order valence-corrected chi connectivity index (χ0v) is 11.5. The third-order valence-corrected chi connectivity index (χ3v) is 4.40. The fourth-order valence-corrected chi connectivity index (χ4v) is 2.95. The van der Waals surface area contributed by atoms with Crippen molar-refractivity contribution in [3.63, 3.8) is 0 Å². The molecule has 4 nitrogen and oxygen atoms in total. The maximum absolute atomic E-state index is 12.4. The lowest BCUT2D eigenvalue weighted by molar-refractivity contribution is 0.175. The molecule has 0 spiro atoms. The Hall–Kier alpha value is -0.670. The molecule has 1 rings (SSSR count). The molecule has 0 atom stereocenters. The lowest BCUT2D eigenvalue weighted by Crippen LogP contribution is -2.18. The molecule has 0 unspecified atom stereocenters. The van der Waals surface area contributed by atoms with Crippen LogP contribution in [0.1, 0.15) is 19.4 Å². The van der Waals surface area contributed by atoms with Gasteiger partial charge in [-0.3, -0.25) is 9.05 Å². The molecule has 0 amide bonds. The van der Waals surface area contributed by atoms with Gasteiger partial charge >= 0.3 is 7.75 Å². The molecule has 0 aliphatic carbocycles. The van der Waals surface area contributed by atoms with Crippen molar-refractivity contribution >= 4 is 7.75 Å². The van der Waals surface area contributed by atoms with Crippen molar-refractivity contribution < 1.29 is 13.6 Å². The maximum atomic E-state index is 12.4. The number of hydrogen-bond acceptors (Lipinski definition) is 3. The van der Waals surface area contributed by atoms with E-state index in [1.165, 1.54) is 0 Å². The second kappa shape index (κ2) is 6.92. The van der Waals surface area contributed by atoms with E-state index < -0.39 is 7.75 Å². The van der Waals surface area contributed by atoms with Crippen LogP contribution in [0.15, 0.2) is 30.3 Å². The summed E-state index contributed by atoms with van der Waals surface area (Å²) in [4.78, 5) is 0. The highest BCUT2D eigenvalue weighted by Crippen LogP contribution is 2.51. The van der Waals surface area contributed by atoms with Gasteiger partial charge in [-0.2, -0.15) is 0 Å². The molecule has 1 aromatic carbocycles. The van der Waals surface area contributed by atoms with Crippen LogP contribution in [-0.4, -0.2) is 24.9 Å². The Bertz CT molecular complexity index is 359. The molecule has 0 saturated heterocycles. The molecule has 0 saturated carbocycles. The normalized spacial score (nSPS) is 12.0. The van der Waals surface area contributed by atoms with Crippen molar-refractivity contribution in [3.05, 3.63) is 35.9 Å². The summed E-state index contributed by atoms with van der Waals surface area (Å²) in [5.74, 6) is 0. The van der Waals surface area contributed by atoms with E-state index in [1.807, 2.05) is 44.2 Å². The Balaban J connectivity index is 2.72. The lowest BCUT2D eigenvalue weighted by Gasteiger charge is -2.26. The van der Waals surface area contributed by atoms with E-state index in [2.05, 4.69) is 0 Å². The van der Waals surface area contributed by atoms with E-state index >= 15 is 0 Å². The summed E-state index contributed by atoms with van der Waals surface area (Å²) in [6.45, 7) is 4.90. The van der Waals surface area contributed by atoms with Crippen LogP contribution in [0, 0.1) is 0 Å². The number of nitrogens with zero attached hydrogens (tertiary/aromatic N) is 1. The summed E-state index contributed by atoms with van der Waals surface area (Å²) >= 11 is 0. The Morgan fingerprint density at radius 1 is 1.12 bits per heavy atom. The topological polar surface area (TPSA) is 38.8 Å². The van der Waals surface area contributed by atoms with Crippen molar-refractivity contribution in [2.75, 3.05) is 20.3 Å². The molecule has 5 heteroatoms. The maximum Gasteiger partial charge on any atom is 0.408 e. The van der Waals surface area contributed by atoms with Gasteiger partial charge in [0.1, 0.15) is 0 Å². The molecule has 0 heterocycles. The van der Waals surface area contributed by atoms with Crippen LogP contribution >= 0.6 is 7.75 Å². The van der Waals surface area contributed by atoms with Gasteiger partial charge in [0, 0.05) is 6.54 Å². The standard InChI is InChI=1S/C12H20NO3P/c1-4-15-17(14,16-5-2)13(3)11-12-9-7-6-8-10-12/h6-10H,4-5,11H2,1-3H3. The van der Waals surface area contributed by atoms with Crippen LogP contribution in [0.4, 0.5) is 0 Å². The van der Waals surface area contributed by atoms with Crippen molar-refractivity contribution in [2.24, 2.45) is 0 Å². The molecule has 0 fully saturated rings. The van der Waals surface area contributed by atoms with Crippen LogP contribution in [-0.2, 0) is 20.2 Å². The van der Waals surface area contributed by atoms with Gasteiger partial charge in [0.2, 0.25) is 0 Å². The summed E-state index contributed by atoms with van der Waals surface area (Å²) in [5.41, 5.74) is 1.08. The largest absolute Gasteiger partial charge is 0.408 e. The highest BCUT2D eigenvalue weighted by atomic mass is 31.2. The molecule has 96 valence electrons. The van der Waals surface area contributed by atoms with Crippen LogP contribution in [0.5, 0.6) is 0 Å². The first-order chi connectivity index (χ1) is 8.12. The number of benzene rings is 1. The minimum absolute atomic E-state index is 0.371. The molecule has 17 heavy (non-hydrogen) atoms. The molecular formula is C12H20NO3P. The zero-order chi connectivity index (χ0) is 12.7. The monoisotopic (exact) mass is 257 g/mol. The van der Waals surface area contributed by atoms with Gasteiger partial charge in [0.05, 0.1) is 13.2 Å². The molecule has 0 bridgehead atoms. The van der Waals surface area contributed by atoms with Crippen molar-refractivity contribution in [1.82, 2.24) is 4.67 Å². The molecule has 0 aliphatic heterocycles. The average Bonchev–Trinajstić information content (AvgIpc) is 2.31. The highest BCUT2D eigenvalue weighted by Gasteiger charge is 2.29. The highest BCUT2D eigenvalue weighted by molar-refractivity contribution is 7.51. The second-order valence-electron chi connectivity index (χ2n) is 3.61. The quantitative estimate of drug-likeness (QED) is 0.702. The van der Waals surface area contributed by atoms with E-state index in [0.29, 0.717) is 19.8 Å². The Morgan fingerprint density at radius 2 is 1.65 bits per heavy atom. The van der Waals surface area contributed by atoms with E-state index in [9.17, 15) is 4.57 Å². The predicted octanol–water partition coefficient (Wildman–Crippen LogP) is 3.30. The summed E-state index contributed by atoms with van der Waals surface area (Å²) in [6.07, 6.45) is 0. The van der Waals surface area contributed by atoms with Gasteiger partial charge < -0.3 is 0 Å². The van der Waals surface area contributed by atoms with Crippen LogP contribution < -0.4 is 0 Å². The fourth-order valence-electron chi connectivity index (χ4n) is 1.49. The SMILES string of the molecule is CCOP(=O)(OCC)N(C)Cc1ccccc1.